The van der Waals surface area contributed by atoms with E-state index in [1.165, 1.54) is 0 Å². The molecule has 0 saturated heterocycles. The number of rotatable bonds is 2. The Labute approximate surface area is 103 Å². The van der Waals surface area contributed by atoms with E-state index in [4.69, 9.17) is 0 Å². The first-order valence-corrected chi connectivity index (χ1v) is 4.85. The average Bonchev–Trinajstić information content (AvgIpc) is 2.78. The van der Waals surface area contributed by atoms with Crippen LogP contribution in [0.3, 0.4) is 0 Å². The molecule has 9 heteroatoms. The SMILES string of the molecule is O=[N+]([O-])c1cc(-c2ncc(C(F)(F)F)[nH]2)ccc1F. The van der Waals surface area contributed by atoms with Crippen LogP contribution in [0.25, 0.3) is 11.4 Å². The first kappa shape index (κ1) is 13.0. The van der Waals surface area contributed by atoms with Crippen molar-refractivity contribution in [3.8, 4) is 11.4 Å². The van der Waals surface area contributed by atoms with Crippen LogP contribution in [-0.4, -0.2) is 14.9 Å². The molecule has 0 fully saturated rings. The molecule has 0 atom stereocenters. The van der Waals surface area contributed by atoms with Crippen LogP contribution < -0.4 is 0 Å². The lowest BCUT2D eigenvalue weighted by Crippen LogP contribution is -2.04. The lowest BCUT2D eigenvalue weighted by atomic mass is 10.2. The zero-order valence-corrected chi connectivity index (χ0v) is 9.03. The van der Waals surface area contributed by atoms with Crippen LogP contribution in [-0.2, 0) is 6.18 Å². The molecule has 0 bridgehead atoms. The maximum Gasteiger partial charge on any atom is 0.432 e. The second-order valence-corrected chi connectivity index (χ2v) is 3.57. The van der Waals surface area contributed by atoms with Gasteiger partial charge in [0.25, 0.3) is 0 Å². The van der Waals surface area contributed by atoms with Gasteiger partial charge in [-0.05, 0) is 12.1 Å². The summed E-state index contributed by atoms with van der Waals surface area (Å²) in [4.78, 5) is 15.0. The topological polar surface area (TPSA) is 71.8 Å². The van der Waals surface area contributed by atoms with Gasteiger partial charge in [-0.2, -0.15) is 17.6 Å². The van der Waals surface area contributed by atoms with Crippen molar-refractivity contribution in [2.24, 2.45) is 0 Å². The van der Waals surface area contributed by atoms with Crippen molar-refractivity contribution < 1.29 is 22.5 Å². The van der Waals surface area contributed by atoms with Gasteiger partial charge >= 0.3 is 11.9 Å². The summed E-state index contributed by atoms with van der Waals surface area (Å²) >= 11 is 0. The molecule has 2 aromatic rings. The van der Waals surface area contributed by atoms with Gasteiger partial charge in [-0.25, -0.2) is 4.98 Å². The van der Waals surface area contributed by atoms with Crippen LogP contribution in [0, 0.1) is 15.9 Å². The number of benzene rings is 1. The summed E-state index contributed by atoms with van der Waals surface area (Å²) < 4.78 is 50.1. The van der Waals surface area contributed by atoms with Crippen LogP contribution in [0.15, 0.2) is 24.4 Å². The fourth-order valence-corrected chi connectivity index (χ4v) is 1.41. The number of nitrogens with one attached hydrogen (secondary N) is 1. The van der Waals surface area contributed by atoms with Crippen molar-refractivity contribution in [2.75, 3.05) is 0 Å². The van der Waals surface area contributed by atoms with E-state index in [1.807, 2.05) is 4.98 Å². The highest BCUT2D eigenvalue weighted by molar-refractivity contribution is 5.59. The fraction of sp³-hybridized carbons (Fsp3) is 0.100. The summed E-state index contributed by atoms with van der Waals surface area (Å²) in [5, 5.41) is 10.5. The first-order valence-electron chi connectivity index (χ1n) is 4.85. The molecule has 0 amide bonds. The predicted molar refractivity (Wildman–Crippen MR) is 55.6 cm³/mol. The van der Waals surface area contributed by atoms with Gasteiger partial charge in [0.15, 0.2) is 0 Å². The minimum absolute atomic E-state index is 0.0106. The number of aromatic nitrogens is 2. The van der Waals surface area contributed by atoms with Crippen LogP contribution in [0.4, 0.5) is 23.2 Å². The Balaban J connectivity index is 2.45. The predicted octanol–water partition coefficient (Wildman–Crippen LogP) is 3.14. The second kappa shape index (κ2) is 4.34. The lowest BCUT2D eigenvalue weighted by molar-refractivity contribution is -0.387. The van der Waals surface area contributed by atoms with E-state index in [2.05, 4.69) is 4.98 Å². The third-order valence-corrected chi connectivity index (χ3v) is 2.30. The minimum Gasteiger partial charge on any atom is -0.334 e. The lowest BCUT2D eigenvalue weighted by Gasteiger charge is -2.01. The molecule has 19 heavy (non-hydrogen) atoms. The second-order valence-electron chi connectivity index (χ2n) is 3.57. The Morgan fingerprint density at radius 3 is 2.53 bits per heavy atom. The van der Waals surface area contributed by atoms with Gasteiger partial charge in [0.05, 0.1) is 11.1 Å². The molecule has 0 aliphatic heterocycles. The van der Waals surface area contributed by atoms with E-state index in [1.54, 1.807) is 0 Å². The Bertz CT molecular complexity index is 636. The summed E-state index contributed by atoms with van der Waals surface area (Å²) in [5.41, 5.74) is -1.93. The maximum absolute atomic E-state index is 13.1. The zero-order chi connectivity index (χ0) is 14.2. The normalized spacial score (nSPS) is 11.6. The van der Waals surface area contributed by atoms with Crippen molar-refractivity contribution in [1.82, 2.24) is 9.97 Å². The van der Waals surface area contributed by atoms with Crippen molar-refractivity contribution in [1.29, 1.82) is 0 Å². The number of nitro groups is 1. The number of halogens is 4. The highest BCUT2D eigenvalue weighted by Gasteiger charge is 2.33. The van der Waals surface area contributed by atoms with E-state index >= 15 is 0 Å². The van der Waals surface area contributed by atoms with Gasteiger partial charge in [-0.1, -0.05) is 0 Å². The van der Waals surface area contributed by atoms with E-state index in [0.717, 1.165) is 18.2 Å². The highest BCUT2D eigenvalue weighted by atomic mass is 19.4. The van der Waals surface area contributed by atoms with Crippen LogP contribution >= 0.6 is 0 Å². The van der Waals surface area contributed by atoms with Gasteiger partial charge < -0.3 is 4.98 Å². The molecule has 0 radical (unpaired) electrons. The van der Waals surface area contributed by atoms with E-state index in [0.29, 0.717) is 6.20 Å². The summed E-state index contributed by atoms with van der Waals surface area (Å²) in [6.45, 7) is 0. The Hall–Kier alpha value is -2.45. The van der Waals surface area contributed by atoms with Crippen LogP contribution in [0.5, 0.6) is 0 Å². The summed E-state index contributed by atoms with van der Waals surface area (Å²) in [5.74, 6) is -1.30. The molecule has 1 aromatic heterocycles. The van der Waals surface area contributed by atoms with Crippen molar-refractivity contribution in [2.45, 2.75) is 6.18 Å². The van der Waals surface area contributed by atoms with Crippen molar-refractivity contribution in [3.63, 3.8) is 0 Å². The molecule has 1 N–H and O–H groups in total. The number of hydrogen-bond donors (Lipinski definition) is 1. The molecule has 100 valence electrons. The zero-order valence-electron chi connectivity index (χ0n) is 9.03. The number of hydrogen-bond acceptors (Lipinski definition) is 3. The maximum atomic E-state index is 13.1. The largest absolute Gasteiger partial charge is 0.432 e. The average molecular weight is 275 g/mol. The summed E-state index contributed by atoms with van der Waals surface area (Å²) in [6.07, 6.45) is -4.04. The van der Waals surface area contributed by atoms with Gasteiger partial charge in [0.1, 0.15) is 11.5 Å². The third kappa shape index (κ3) is 2.54. The van der Waals surface area contributed by atoms with Gasteiger partial charge in [0.2, 0.25) is 5.82 Å². The number of H-pyrrole nitrogens is 1. The first-order chi connectivity index (χ1) is 8.79. The number of aromatic amines is 1. The summed E-state index contributed by atoms with van der Waals surface area (Å²) in [7, 11) is 0. The Morgan fingerprint density at radius 2 is 2.00 bits per heavy atom. The van der Waals surface area contributed by atoms with E-state index < -0.39 is 28.3 Å². The molecular formula is C10H5F4N3O2. The molecule has 0 spiro atoms. The number of imidazole rings is 1. The Kier molecular flexibility index (Phi) is 2.97. The minimum atomic E-state index is -4.60. The van der Waals surface area contributed by atoms with Crippen LogP contribution in [0.2, 0.25) is 0 Å². The molecule has 5 nitrogen and oxygen atoms in total. The van der Waals surface area contributed by atoms with Crippen molar-refractivity contribution in [3.05, 3.63) is 46.0 Å². The smallest absolute Gasteiger partial charge is 0.334 e. The fourth-order valence-electron chi connectivity index (χ4n) is 1.41. The molecule has 1 aromatic carbocycles. The quantitative estimate of drug-likeness (QED) is 0.520. The van der Waals surface area contributed by atoms with Crippen LogP contribution in [0.1, 0.15) is 5.69 Å². The highest BCUT2D eigenvalue weighted by Crippen LogP contribution is 2.30. The van der Waals surface area contributed by atoms with Gasteiger partial charge in [-0.15, -0.1) is 0 Å². The molecule has 2 rings (SSSR count). The third-order valence-electron chi connectivity index (χ3n) is 2.30. The van der Waals surface area contributed by atoms with Gasteiger partial charge in [0, 0.05) is 11.6 Å². The van der Waals surface area contributed by atoms with Crippen molar-refractivity contribution >= 4 is 5.69 Å². The van der Waals surface area contributed by atoms with E-state index in [9.17, 15) is 27.7 Å². The molecule has 0 aliphatic rings. The molecular weight excluding hydrogens is 270 g/mol. The molecule has 0 aliphatic carbocycles. The molecule has 0 unspecified atom stereocenters. The van der Waals surface area contributed by atoms with E-state index in [-0.39, 0.29) is 11.4 Å². The number of nitrogens with zero attached hydrogens (tertiary/aromatic N) is 2. The molecule has 0 saturated carbocycles. The monoisotopic (exact) mass is 275 g/mol. The Morgan fingerprint density at radius 1 is 1.32 bits per heavy atom. The summed E-state index contributed by atoms with van der Waals surface area (Å²) in [6, 6.07) is 2.71. The number of nitro benzene ring substituents is 1. The molecule has 1 heterocycles. The van der Waals surface area contributed by atoms with Gasteiger partial charge in [-0.3, -0.25) is 10.1 Å². The standard InChI is InChI=1S/C10H5F4N3O2/c11-6-2-1-5(3-7(6)17(18)19)9-15-4-8(16-9)10(12,13)14/h1-4H,(H,15,16). The number of alkyl halides is 3.